The molecule has 0 fully saturated rings. The minimum absolute atomic E-state index is 0.177. The Morgan fingerprint density at radius 2 is 1.53 bits per heavy atom. The number of H-pyrrole nitrogens is 1. The predicted molar refractivity (Wildman–Crippen MR) is 160 cm³/mol. The minimum Gasteiger partial charge on any atom is -0.476 e. The van der Waals surface area contributed by atoms with Crippen molar-refractivity contribution < 1.29 is 78.4 Å². The molecule has 26 heteroatoms. The number of carbonyl (C=O) groups excluding carboxylic acids is 1. The molecule has 0 bridgehead atoms. The maximum atomic E-state index is 13.4. The Morgan fingerprint density at radius 1 is 0.918 bits per heavy atom. The zero-order valence-electron chi connectivity index (χ0n) is 23.5. The minimum atomic E-state index is -5.12. The molecule has 1 aliphatic heterocycles. The van der Waals surface area contributed by atoms with Crippen LogP contribution in [0.15, 0.2) is 83.6 Å². The lowest BCUT2D eigenvalue weighted by molar-refractivity contribution is -0.432. The summed E-state index contributed by atoms with van der Waals surface area (Å²) in [6, 6.07) is 4.31. The van der Waals surface area contributed by atoms with Crippen LogP contribution in [-0.2, 0) is 60.8 Å². The molecule has 4 rings (SSSR count). The number of rotatable bonds is 13. The molecule has 3 aromatic rings. The fourth-order valence-corrected chi connectivity index (χ4v) is 6.25. The van der Waals surface area contributed by atoms with Crippen molar-refractivity contribution in [2.24, 2.45) is 5.10 Å². The third kappa shape index (κ3) is 8.01. The number of allylic oxidation sites excluding steroid dienone is 2. The summed E-state index contributed by atoms with van der Waals surface area (Å²) in [6.07, 6.45) is 2.68. The van der Waals surface area contributed by atoms with Crippen LogP contribution in [0, 0.1) is 0 Å². The van der Waals surface area contributed by atoms with Crippen LogP contribution < -0.4 is 10.6 Å². The van der Waals surface area contributed by atoms with Gasteiger partial charge in [-0.1, -0.05) is 11.1 Å². The Bertz CT molecular complexity index is 2340. The first-order valence-electron chi connectivity index (χ1n) is 12.3. The number of nitrogens with zero attached hydrogens (tertiary/aromatic N) is 3. The molecule has 0 saturated heterocycles. The molecule has 2 heterocycles. The van der Waals surface area contributed by atoms with E-state index in [0.717, 1.165) is 36.4 Å². The van der Waals surface area contributed by atoms with Gasteiger partial charge in [0, 0.05) is 0 Å². The Morgan fingerprint density at radius 3 is 2.08 bits per heavy atom. The average Bonchev–Trinajstić information content (AvgIpc) is 3.50. The first-order chi connectivity index (χ1) is 22.8. The van der Waals surface area contributed by atoms with Gasteiger partial charge in [0.1, 0.15) is 11.5 Å². The fraction of sp³-hybridized carbons (Fsp3) is 0.0435. The molecule has 0 atom stereocenters. The third-order valence-corrected chi connectivity index (χ3v) is 9.43. The van der Waals surface area contributed by atoms with Crippen LogP contribution in [0.2, 0.25) is 0 Å². The average molecular weight is 767 g/mol. The van der Waals surface area contributed by atoms with Crippen LogP contribution in [0.5, 0.6) is 0 Å². The molecule has 0 spiro atoms. The summed E-state index contributed by atoms with van der Waals surface area (Å²) < 4.78 is 104. The quantitative estimate of drug-likeness (QED) is 0.0415. The molecule has 49 heavy (non-hydrogen) atoms. The second-order valence-corrected chi connectivity index (χ2v) is 14.1. The van der Waals surface area contributed by atoms with E-state index in [1.165, 1.54) is 0 Å². The van der Waals surface area contributed by atoms with Gasteiger partial charge in [-0.15, -0.1) is 4.33 Å². The lowest BCUT2D eigenvalue weighted by Crippen LogP contribution is -2.23. The smallest absolute Gasteiger partial charge is 0.357 e. The van der Waals surface area contributed by atoms with E-state index in [2.05, 4.69) is 24.5 Å². The van der Waals surface area contributed by atoms with Crippen molar-refractivity contribution in [1.82, 2.24) is 9.78 Å². The second kappa shape index (κ2) is 14.1. The number of hydrazone groups is 1. The maximum Gasteiger partial charge on any atom is 0.357 e. The molecule has 1 aliphatic rings. The van der Waals surface area contributed by atoms with Gasteiger partial charge in [0.05, 0.1) is 54.9 Å². The second-order valence-electron chi connectivity index (χ2n) is 9.14. The highest BCUT2D eigenvalue weighted by Crippen LogP contribution is 2.36. The zero-order valence-corrected chi connectivity index (χ0v) is 26.7. The molecule has 0 saturated carbocycles. The summed E-state index contributed by atoms with van der Waals surface area (Å²) >= 11 is 0.228. The van der Waals surface area contributed by atoms with Gasteiger partial charge < -0.3 is 5.11 Å². The van der Waals surface area contributed by atoms with Crippen molar-refractivity contribution in [3.05, 3.63) is 75.7 Å². The van der Waals surface area contributed by atoms with E-state index in [4.69, 9.17) is 10.5 Å². The number of aliphatic carboxylic acids is 1. The van der Waals surface area contributed by atoms with Crippen LogP contribution in [0.4, 0.5) is 5.69 Å². The van der Waals surface area contributed by atoms with Gasteiger partial charge in [0.2, 0.25) is 0 Å². The number of hydrogen-bond donors (Lipinski definition) is 7. The van der Waals surface area contributed by atoms with Gasteiger partial charge in [-0.05, 0) is 48.6 Å². The van der Waals surface area contributed by atoms with E-state index < -0.39 is 97.3 Å². The van der Waals surface area contributed by atoms with E-state index in [0.29, 0.717) is 27.9 Å². The maximum absolute atomic E-state index is 13.4. The van der Waals surface area contributed by atoms with E-state index >= 15 is 0 Å². The third-order valence-electron chi connectivity index (χ3n) is 6.18. The number of aromatic nitrogens is 2. The van der Waals surface area contributed by atoms with E-state index in [1.807, 2.05) is 0 Å². The lowest BCUT2D eigenvalue weighted by Gasteiger charge is -2.15. The van der Waals surface area contributed by atoms with Gasteiger partial charge in [-0.2, -0.15) is 35.4 Å². The van der Waals surface area contributed by atoms with Crippen LogP contribution in [0.25, 0.3) is 11.8 Å². The highest BCUT2D eigenvalue weighted by atomic mass is 32.2. The standard InChI is InChI=1S/C23H18N4O18S4/c28-21-13(15(10-43-32)24-27(21)17-9-12(48(37,38)39)5-7-19(17)49(40,41)42)2-1-3-14-20(23(30)31)25-26(22(14)29)16-8-11(47(34,35)36)4-6-18(16)46-45-44-33/h1-9,24,32-33H,10H2,(H,30,31)(H,34,35,36)(H,37,38,39)(H,40,41,42)/b2-1+,14-3-. The van der Waals surface area contributed by atoms with Gasteiger partial charge in [0.15, 0.2) is 5.71 Å². The van der Waals surface area contributed by atoms with Crippen LogP contribution in [0.3, 0.4) is 0 Å². The van der Waals surface area contributed by atoms with Crippen molar-refractivity contribution in [1.29, 1.82) is 0 Å². The molecule has 262 valence electrons. The first kappa shape index (κ1) is 37.2. The number of carboxylic acid groups (broad SMARTS) is 1. The summed E-state index contributed by atoms with van der Waals surface area (Å²) in [5.41, 5.74) is -4.80. The lowest BCUT2D eigenvalue weighted by atomic mass is 10.1. The highest BCUT2D eigenvalue weighted by Gasteiger charge is 2.36. The fourth-order valence-electron chi connectivity index (χ4n) is 4.13. The summed E-state index contributed by atoms with van der Waals surface area (Å²) in [5, 5.41) is 37.1. The van der Waals surface area contributed by atoms with E-state index in [-0.39, 0.29) is 22.6 Å². The monoisotopic (exact) mass is 766 g/mol. The largest absolute Gasteiger partial charge is 0.476 e. The number of carbonyl (C=O) groups is 2. The normalized spacial score (nSPS) is 15.0. The number of benzene rings is 2. The van der Waals surface area contributed by atoms with Crippen LogP contribution in [-0.4, -0.2) is 81.9 Å². The van der Waals surface area contributed by atoms with E-state index in [9.17, 15) is 58.4 Å². The molecular weight excluding hydrogens is 749 g/mol. The molecule has 0 aliphatic carbocycles. The first-order valence-corrected chi connectivity index (χ1v) is 17.4. The van der Waals surface area contributed by atoms with Gasteiger partial charge in [-0.25, -0.2) is 19.6 Å². The van der Waals surface area contributed by atoms with E-state index in [1.54, 1.807) is 0 Å². The number of carboxylic acids is 1. The Balaban J connectivity index is 1.83. The van der Waals surface area contributed by atoms with Crippen molar-refractivity contribution in [3.63, 3.8) is 0 Å². The Labute approximate surface area is 277 Å². The number of hydrogen-bond acceptors (Lipinski definition) is 16. The molecule has 1 aromatic heterocycles. The Kier molecular flexibility index (Phi) is 10.7. The molecule has 0 radical (unpaired) electrons. The van der Waals surface area contributed by atoms with Crippen molar-refractivity contribution >= 4 is 71.7 Å². The number of anilines is 1. The van der Waals surface area contributed by atoms with Crippen molar-refractivity contribution in [2.45, 2.75) is 26.2 Å². The number of amides is 1. The summed E-state index contributed by atoms with van der Waals surface area (Å²) in [4.78, 5) is 39.9. The number of aromatic amines is 1. The Hall–Kier alpha value is -4.58. The van der Waals surface area contributed by atoms with Gasteiger partial charge in [0.25, 0.3) is 41.8 Å². The van der Waals surface area contributed by atoms with Gasteiger partial charge in [-0.3, -0.25) is 33.6 Å². The topological polar surface area (TPSA) is 339 Å². The van der Waals surface area contributed by atoms with Crippen LogP contribution >= 0.6 is 12.0 Å². The predicted octanol–water partition coefficient (Wildman–Crippen LogP) is 0.751. The molecule has 1 amide bonds. The van der Waals surface area contributed by atoms with Crippen molar-refractivity contribution in [2.75, 3.05) is 5.01 Å². The summed E-state index contributed by atoms with van der Waals surface area (Å²) in [6.45, 7) is -0.795. The molecule has 2 aromatic carbocycles. The molecular formula is C23H18N4O18S4. The number of nitrogens with one attached hydrogen (secondary N) is 1. The van der Waals surface area contributed by atoms with Crippen molar-refractivity contribution in [3.8, 4) is 5.69 Å². The highest BCUT2D eigenvalue weighted by molar-refractivity contribution is 7.94. The zero-order chi connectivity index (χ0) is 36.5. The molecule has 7 N–H and O–H groups in total. The SMILES string of the molecule is O=C(O)C1=NN(c2cc(S(=O)(=O)O)ccc2SOOO)C(=O)/C1=C\C=C\c1c(COO)[nH]n(-c2cc(S(=O)(=O)O)ccc2S(=O)(=O)O)c1=O. The van der Waals surface area contributed by atoms with Crippen LogP contribution in [0.1, 0.15) is 11.3 Å². The summed E-state index contributed by atoms with van der Waals surface area (Å²) in [7, 11) is -14.9. The summed E-state index contributed by atoms with van der Waals surface area (Å²) in [5.74, 6) is -2.97. The molecule has 0 unspecified atom stereocenters. The van der Waals surface area contributed by atoms with Gasteiger partial charge >= 0.3 is 5.97 Å². The molecule has 22 nitrogen and oxygen atoms in total.